The second-order valence-corrected chi connectivity index (χ2v) is 4.26. The van der Waals surface area contributed by atoms with E-state index in [0.29, 0.717) is 12.4 Å². The van der Waals surface area contributed by atoms with Crippen LogP contribution in [-0.4, -0.2) is 17.2 Å². The molecule has 0 atom stereocenters. The highest BCUT2D eigenvalue weighted by molar-refractivity contribution is 9.10. The monoisotopic (exact) mass is 318 g/mol. The number of hydrogen-bond donors (Lipinski definition) is 2. The van der Waals surface area contributed by atoms with Crippen LogP contribution in [0.2, 0.25) is 0 Å². The zero-order chi connectivity index (χ0) is 13.1. The van der Waals surface area contributed by atoms with Gasteiger partial charge in [-0.3, -0.25) is 0 Å². The summed E-state index contributed by atoms with van der Waals surface area (Å²) in [7, 11) is 1.73. The lowest BCUT2D eigenvalue weighted by Gasteiger charge is -2.05. The Morgan fingerprint density at radius 2 is 2.11 bits per heavy atom. The van der Waals surface area contributed by atoms with Gasteiger partial charge < -0.3 is 15.1 Å². The van der Waals surface area contributed by atoms with Crippen LogP contribution in [-0.2, 0) is 6.54 Å². The zero-order valence-corrected chi connectivity index (χ0v) is 10.9. The van der Waals surface area contributed by atoms with Crippen molar-refractivity contribution in [3.8, 4) is 0 Å². The van der Waals surface area contributed by atoms with Gasteiger partial charge >= 0.3 is 6.01 Å². The van der Waals surface area contributed by atoms with Gasteiger partial charge in [0, 0.05) is 10.5 Å². The van der Waals surface area contributed by atoms with Crippen LogP contribution >= 0.6 is 15.9 Å². The number of anilines is 2. The highest BCUT2D eigenvalue weighted by Crippen LogP contribution is 2.29. The number of hydrogen-bond acceptors (Lipinski definition) is 5. The Hall–Kier alpha value is -1.54. The van der Waals surface area contributed by atoms with Gasteiger partial charge in [-0.2, -0.15) is 0 Å². The van der Waals surface area contributed by atoms with Crippen LogP contribution < -0.4 is 10.6 Å². The summed E-state index contributed by atoms with van der Waals surface area (Å²) in [5, 5.41) is 12.8. The Morgan fingerprint density at radius 3 is 2.78 bits per heavy atom. The molecule has 1 aromatic heterocycles. The Balaban J connectivity index is 2.22. The summed E-state index contributed by atoms with van der Waals surface area (Å²) < 4.78 is 31.8. The van der Waals surface area contributed by atoms with E-state index in [9.17, 15) is 8.78 Å². The molecular formula is C10H9BrF2N4O. The standard InChI is InChI=1S/C10H9BrF2N4O/c1-14-4-8-16-17-10(18-8)15-9-6(11)2-5(12)3-7(9)13/h2-3,14H,4H2,1H3,(H,15,17). The molecule has 5 nitrogen and oxygen atoms in total. The van der Waals surface area contributed by atoms with Crippen LogP contribution in [0.15, 0.2) is 21.0 Å². The summed E-state index contributed by atoms with van der Waals surface area (Å²) in [5.41, 5.74) is 0.0380. The first-order valence-electron chi connectivity index (χ1n) is 4.98. The Bertz CT molecular complexity index is 538. The predicted octanol–water partition coefficient (Wildman–Crippen LogP) is 2.57. The lowest BCUT2D eigenvalue weighted by Crippen LogP contribution is -2.04. The van der Waals surface area contributed by atoms with Crippen LogP contribution in [0.4, 0.5) is 20.5 Å². The fourth-order valence-corrected chi connectivity index (χ4v) is 1.80. The SMILES string of the molecule is CNCc1nnc(Nc2c(F)cc(F)cc2Br)o1. The van der Waals surface area contributed by atoms with E-state index in [0.717, 1.165) is 12.1 Å². The summed E-state index contributed by atoms with van der Waals surface area (Å²) >= 11 is 3.05. The maximum absolute atomic E-state index is 13.5. The first kappa shape index (κ1) is 12.9. The molecule has 18 heavy (non-hydrogen) atoms. The van der Waals surface area contributed by atoms with Crippen LogP contribution in [0, 0.1) is 11.6 Å². The Morgan fingerprint density at radius 1 is 1.33 bits per heavy atom. The molecule has 8 heteroatoms. The third kappa shape index (κ3) is 2.82. The maximum Gasteiger partial charge on any atom is 0.320 e. The zero-order valence-electron chi connectivity index (χ0n) is 9.30. The molecule has 2 aromatic rings. The van der Waals surface area contributed by atoms with Crippen molar-refractivity contribution in [2.24, 2.45) is 0 Å². The quantitative estimate of drug-likeness (QED) is 0.907. The highest BCUT2D eigenvalue weighted by atomic mass is 79.9. The average Bonchev–Trinajstić information content (AvgIpc) is 2.72. The van der Waals surface area contributed by atoms with E-state index in [-0.39, 0.29) is 16.2 Å². The Labute approximate surface area is 110 Å². The number of benzene rings is 1. The molecule has 1 aromatic carbocycles. The molecule has 0 saturated heterocycles. The number of nitrogens with zero attached hydrogens (tertiary/aromatic N) is 2. The van der Waals surface area contributed by atoms with E-state index in [1.54, 1.807) is 7.05 Å². The smallest absolute Gasteiger partial charge is 0.320 e. The average molecular weight is 319 g/mol. The third-order valence-electron chi connectivity index (χ3n) is 2.03. The highest BCUT2D eigenvalue weighted by Gasteiger charge is 2.13. The molecule has 2 rings (SSSR count). The van der Waals surface area contributed by atoms with Gasteiger partial charge in [0.25, 0.3) is 0 Å². The van der Waals surface area contributed by atoms with Gasteiger partial charge in [0.1, 0.15) is 5.82 Å². The number of rotatable bonds is 4. The van der Waals surface area contributed by atoms with E-state index in [4.69, 9.17) is 4.42 Å². The summed E-state index contributed by atoms with van der Waals surface area (Å²) in [6.07, 6.45) is 0. The predicted molar refractivity (Wildman–Crippen MR) is 64.4 cm³/mol. The van der Waals surface area contributed by atoms with Crippen LogP contribution in [0.25, 0.3) is 0 Å². The molecule has 0 aliphatic carbocycles. The molecule has 0 bridgehead atoms. The van der Waals surface area contributed by atoms with Crippen LogP contribution in [0.3, 0.4) is 0 Å². The molecule has 0 aliphatic heterocycles. The minimum Gasteiger partial charge on any atom is -0.406 e. The summed E-state index contributed by atoms with van der Waals surface area (Å²) in [5.74, 6) is -1.07. The van der Waals surface area contributed by atoms with Crippen LogP contribution in [0.5, 0.6) is 0 Å². The number of nitrogens with one attached hydrogen (secondary N) is 2. The van der Waals surface area contributed by atoms with Crippen molar-refractivity contribution in [2.45, 2.75) is 6.54 Å². The largest absolute Gasteiger partial charge is 0.406 e. The van der Waals surface area contributed by atoms with E-state index >= 15 is 0 Å². The van der Waals surface area contributed by atoms with Crippen molar-refractivity contribution in [3.63, 3.8) is 0 Å². The Kier molecular flexibility index (Phi) is 3.87. The minimum atomic E-state index is -0.754. The second kappa shape index (κ2) is 5.40. The van der Waals surface area contributed by atoms with Gasteiger partial charge in [0.05, 0.1) is 12.2 Å². The molecule has 0 unspecified atom stereocenters. The van der Waals surface area contributed by atoms with Gasteiger partial charge in [0.15, 0.2) is 5.82 Å². The van der Waals surface area contributed by atoms with E-state index in [1.165, 1.54) is 0 Å². The molecule has 2 N–H and O–H groups in total. The minimum absolute atomic E-state index is 0.0338. The third-order valence-corrected chi connectivity index (χ3v) is 2.66. The normalized spacial score (nSPS) is 10.7. The summed E-state index contributed by atoms with van der Waals surface area (Å²) in [4.78, 5) is 0. The number of halogens is 3. The molecule has 0 amide bonds. The molecule has 96 valence electrons. The first-order chi connectivity index (χ1) is 8.60. The van der Waals surface area contributed by atoms with Gasteiger partial charge in [-0.1, -0.05) is 5.10 Å². The molecule has 0 radical (unpaired) electrons. The van der Waals surface area contributed by atoms with Crippen molar-refractivity contribution in [1.82, 2.24) is 15.5 Å². The first-order valence-corrected chi connectivity index (χ1v) is 5.78. The van der Waals surface area contributed by atoms with Crippen LogP contribution in [0.1, 0.15) is 5.89 Å². The molecule has 0 saturated carbocycles. The van der Waals surface area contributed by atoms with Crippen molar-refractivity contribution in [3.05, 3.63) is 34.1 Å². The fraction of sp³-hybridized carbons (Fsp3) is 0.200. The molecule has 0 spiro atoms. The van der Waals surface area contributed by atoms with Crippen molar-refractivity contribution >= 4 is 27.6 Å². The van der Waals surface area contributed by atoms with Gasteiger partial charge in [-0.25, -0.2) is 8.78 Å². The number of aromatic nitrogens is 2. The molecule has 1 heterocycles. The van der Waals surface area contributed by atoms with Crippen molar-refractivity contribution < 1.29 is 13.2 Å². The second-order valence-electron chi connectivity index (χ2n) is 3.40. The summed E-state index contributed by atoms with van der Waals surface area (Å²) in [6, 6.07) is 1.93. The lowest BCUT2D eigenvalue weighted by atomic mass is 10.3. The lowest BCUT2D eigenvalue weighted by molar-refractivity contribution is 0.492. The van der Waals surface area contributed by atoms with E-state index < -0.39 is 11.6 Å². The van der Waals surface area contributed by atoms with E-state index in [2.05, 4.69) is 36.8 Å². The molecule has 0 aliphatic rings. The molecule has 0 fully saturated rings. The molecular weight excluding hydrogens is 310 g/mol. The van der Waals surface area contributed by atoms with Gasteiger partial charge in [0.2, 0.25) is 5.89 Å². The van der Waals surface area contributed by atoms with Crippen molar-refractivity contribution in [2.75, 3.05) is 12.4 Å². The van der Waals surface area contributed by atoms with Crippen molar-refractivity contribution in [1.29, 1.82) is 0 Å². The van der Waals surface area contributed by atoms with Gasteiger partial charge in [-0.05, 0) is 29.0 Å². The fourth-order valence-electron chi connectivity index (χ4n) is 1.30. The van der Waals surface area contributed by atoms with Gasteiger partial charge in [-0.15, -0.1) is 5.10 Å². The van der Waals surface area contributed by atoms with E-state index in [1.807, 2.05) is 0 Å². The topological polar surface area (TPSA) is 63.0 Å². The maximum atomic E-state index is 13.5. The summed E-state index contributed by atoms with van der Waals surface area (Å²) in [6.45, 7) is 0.405.